The van der Waals surface area contributed by atoms with Gasteiger partial charge in [0.25, 0.3) is 0 Å². The number of rotatable bonds is 6. The van der Waals surface area contributed by atoms with Crippen molar-refractivity contribution in [3.63, 3.8) is 0 Å². The molecule has 172 valence electrons. The minimum atomic E-state index is -1.28. The largest absolute Gasteiger partial charge is 0.479 e. The number of nitrogens with zero attached hydrogens (tertiary/aromatic N) is 3. The van der Waals surface area contributed by atoms with Crippen molar-refractivity contribution in [2.45, 2.75) is 11.6 Å². The third kappa shape index (κ3) is 3.64. The molecule has 1 atom stereocenters. The van der Waals surface area contributed by atoms with Crippen molar-refractivity contribution in [2.75, 3.05) is 7.11 Å². The monoisotopic (exact) mass is 479 g/mol. The standard InChI is InChI=1S/C29H22ClN3O2/c1-3-24(34)27-26-23(19-25(30)31-27)33(32-28(26)35-2)29(20-13-7-4-8-14-20,21-15-9-5-10-16-21)22-17-11-6-12-18-22/h1,4-19,24,34H,2H3. The van der Waals surface area contributed by atoms with Gasteiger partial charge in [0.15, 0.2) is 6.10 Å². The summed E-state index contributed by atoms with van der Waals surface area (Å²) in [5.74, 6) is 2.63. The van der Waals surface area contributed by atoms with Crippen molar-refractivity contribution < 1.29 is 9.84 Å². The van der Waals surface area contributed by atoms with Crippen molar-refractivity contribution in [2.24, 2.45) is 0 Å². The Hall–Kier alpha value is -4.11. The molecule has 1 unspecified atom stereocenters. The molecule has 35 heavy (non-hydrogen) atoms. The zero-order valence-electron chi connectivity index (χ0n) is 19.0. The lowest BCUT2D eigenvalue weighted by atomic mass is 9.77. The summed E-state index contributed by atoms with van der Waals surface area (Å²) in [4.78, 5) is 4.33. The summed E-state index contributed by atoms with van der Waals surface area (Å²) in [7, 11) is 1.53. The molecule has 3 aromatic carbocycles. The topological polar surface area (TPSA) is 60.2 Å². The second kappa shape index (κ2) is 9.27. The molecule has 0 fully saturated rings. The number of aliphatic hydroxyl groups is 1. The van der Waals surface area contributed by atoms with Gasteiger partial charge in [0.05, 0.1) is 23.7 Å². The maximum Gasteiger partial charge on any atom is 0.242 e. The van der Waals surface area contributed by atoms with Crippen LogP contribution in [-0.4, -0.2) is 27.0 Å². The predicted octanol–water partition coefficient (Wildman–Crippen LogP) is 5.60. The highest BCUT2D eigenvalue weighted by molar-refractivity contribution is 6.30. The first-order valence-electron chi connectivity index (χ1n) is 11.1. The lowest BCUT2D eigenvalue weighted by Crippen LogP contribution is -2.38. The number of aliphatic hydroxyl groups excluding tert-OH is 1. The highest BCUT2D eigenvalue weighted by Gasteiger charge is 2.41. The van der Waals surface area contributed by atoms with E-state index in [0.29, 0.717) is 16.8 Å². The van der Waals surface area contributed by atoms with Crippen LogP contribution in [0.3, 0.4) is 0 Å². The van der Waals surface area contributed by atoms with E-state index in [2.05, 4.69) is 47.3 Å². The van der Waals surface area contributed by atoms with Crippen LogP contribution in [0.5, 0.6) is 5.88 Å². The molecular weight excluding hydrogens is 458 g/mol. The second-order valence-corrected chi connectivity index (χ2v) is 8.41. The fraction of sp³-hybridized carbons (Fsp3) is 0.103. The average Bonchev–Trinajstić information content (AvgIpc) is 3.28. The van der Waals surface area contributed by atoms with E-state index in [1.165, 1.54) is 7.11 Å². The van der Waals surface area contributed by atoms with Crippen LogP contribution in [-0.2, 0) is 5.54 Å². The quantitative estimate of drug-likeness (QED) is 0.196. The molecule has 0 aliphatic carbocycles. The van der Waals surface area contributed by atoms with Gasteiger partial charge in [-0.3, -0.25) is 0 Å². The Balaban J connectivity index is 2.01. The Bertz CT molecular complexity index is 1410. The lowest BCUT2D eigenvalue weighted by Gasteiger charge is -2.36. The molecule has 0 bridgehead atoms. The third-order valence-corrected chi connectivity index (χ3v) is 6.32. The first-order chi connectivity index (χ1) is 17.1. The highest BCUT2D eigenvalue weighted by Crippen LogP contribution is 2.45. The van der Waals surface area contributed by atoms with Gasteiger partial charge in [-0.15, -0.1) is 11.5 Å². The molecule has 2 aromatic heterocycles. The van der Waals surface area contributed by atoms with E-state index in [-0.39, 0.29) is 10.8 Å². The van der Waals surface area contributed by atoms with Gasteiger partial charge in [0, 0.05) is 6.07 Å². The number of hydrogen-bond acceptors (Lipinski definition) is 4. The van der Waals surface area contributed by atoms with E-state index in [0.717, 1.165) is 16.7 Å². The zero-order valence-corrected chi connectivity index (χ0v) is 19.7. The van der Waals surface area contributed by atoms with Gasteiger partial charge in [-0.05, 0) is 16.7 Å². The molecule has 6 heteroatoms. The number of halogens is 1. The first kappa shape index (κ1) is 22.7. The summed E-state index contributed by atoms with van der Waals surface area (Å²) in [6, 6.07) is 32.1. The van der Waals surface area contributed by atoms with Crippen LogP contribution in [0.2, 0.25) is 5.15 Å². The number of benzene rings is 3. The van der Waals surface area contributed by atoms with Crippen molar-refractivity contribution in [1.82, 2.24) is 14.8 Å². The predicted molar refractivity (Wildman–Crippen MR) is 137 cm³/mol. The molecule has 2 heterocycles. The maximum atomic E-state index is 10.6. The normalized spacial score (nSPS) is 12.3. The fourth-order valence-corrected chi connectivity index (χ4v) is 4.87. The highest BCUT2D eigenvalue weighted by atomic mass is 35.5. The number of fused-ring (bicyclic) bond motifs is 1. The Kier molecular flexibility index (Phi) is 6.00. The van der Waals surface area contributed by atoms with E-state index in [4.69, 9.17) is 27.9 Å². The van der Waals surface area contributed by atoms with E-state index in [9.17, 15) is 5.11 Å². The number of terminal acetylenes is 1. The van der Waals surface area contributed by atoms with Crippen LogP contribution in [0.25, 0.3) is 10.9 Å². The molecule has 0 radical (unpaired) electrons. The van der Waals surface area contributed by atoms with E-state index in [1.54, 1.807) is 6.07 Å². The molecule has 5 rings (SSSR count). The van der Waals surface area contributed by atoms with E-state index in [1.807, 2.05) is 59.3 Å². The summed E-state index contributed by atoms with van der Waals surface area (Å²) < 4.78 is 7.58. The number of ether oxygens (including phenoxy) is 1. The number of pyridine rings is 1. The van der Waals surface area contributed by atoms with Crippen molar-refractivity contribution in [1.29, 1.82) is 0 Å². The van der Waals surface area contributed by atoms with Crippen LogP contribution in [0.1, 0.15) is 28.5 Å². The minimum absolute atomic E-state index is 0.189. The van der Waals surface area contributed by atoms with Gasteiger partial charge in [-0.2, -0.15) is 0 Å². The Labute approximate surface area is 208 Å². The van der Waals surface area contributed by atoms with Crippen LogP contribution in [0.4, 0.5) is 0 Å². The second-order valence-electron chi connectivity index (χ2n) is 8.02. The van der Waals surface area contributed by atoms with Crippen LogP contribution in [0.15, 0.2) is 97.1 Å². The summed E-state index contributed by atoms with van der Waals surface area (Å²) >= 11 is 6.46. The molecule has 0 spiro atoms. The van der Waals surface area contributed by atoms with E-state index < -0.39 is 11.6 Å². The maximum absolute atomic E-state index is 10.6. The van der Waals surface area contributed by atoms with Crippen molar-refractivity contribution in [3.8, 4) is 18.2 Å². The first-order valence-corrected chi connectivity index (χ1v) is 11.4. The fourth-order valence-electron chi connectivity index (χ4n) is 4.68. The third-order valence-electron chi connectivity index (χ3n) is 6.13. The zero-order chi connectivity index (χ0) is 24.4. The van der Waals surface area contributed by atoms with Gasteiger partial charge < -0.3 is 9.84 Å². The Morgan fingerprint density at radius 2 is 1.40 bits per heavy atom. The van der Waals surface area contributed by atoms with Gasteiger partial charge in [0.1, 0.15) is 10.7 Å². The van der Waals surface area contributed by atoms with Crippen molar-refractivity contribution >= 4 is 22.5 Å². The Morgan fingerprint density at radius 1 is 0.914 bits per heavy atom. The molecule has 0 amide bonds. The molecule has 0 aliphatic rings. The smallest absolute Gasteiger partial charge is 0.242 e. The summed E-state index contributed by atoms with van der Waals surface area (Å²) in [6.07, 6.45) is 4.28. The number of hydrogen-bond donors (Lipinski definition) is 1. The van der Waals surface area contributed by atoms with Gasteiger partial charge in [0.2, 0.25) is 5.88 Å². The Morgan fingerprint density at radius 3 is 1.83 bits per heavy atom. The van der Waals surface area contributed by atoms with Crippen molar-refractivity contribution in [3.05, 3.63) is 125 Å². The SMILES string of the molecule is C#CC(O)c1nc(Cl)cc2c1c(OC)nn2C(c1ccccc1)(c1ccccc1)c1ccccc1. The minimum Gasteiger partial charge on any atom is -0.479 e. The van der Waals surface area contributed by atoms with Crippen LogP contribution >= 0.6 is 11.6 Å². The lowest BCUT2D eigenvalue weighted by molar-refractivity contribution is 0.235. The molecule has 0 saturated carbocycles. The summed E-state index contributed by atoms with van der Waals surface area (Å²) in [6.45, 7) is 0. The number of aromatic nitrogens is 3. The number of methoxy groups -OCH3 is 1. The van der Waals surface area contributed by atoms with Crippen LogP contribution in [0, 0.1) is 12.3 Å². The molecule has 5 nitrogen and oxygen atoms in total. The molecular formula is C29H22ClN3O2. The van der Waals surface area contributed by atoms with Crippen LogP contribution < -0.4 is 4.74 Å². The average molecular weight is 480 g/mol. The van der Waals surface area contributed by atoms with Gasteiger partial charge in [-0.1, -0.05) is 109 Å². The van der Waals surface area contributed by atoms with Gasteiger partial charge in [-0.25, -0.2) is 9.67 Å². The molecule has 5 aromatic rings. The summed E-state index contributed by atoms with van der Waals surface area (Å²) in [5.41, 5.74) is 2.90. The molecule has 0 aliphatic heterocycles. The van der Waals surface area contributed by atoms with E-state index >= 15 is 0 Å². The molecule has 1 N–H and O–H groups in total. The summed E-state index contributed by atoms with van der Waals surface area (Å²) in [5, 5.41) is 16.2. The molecule has 0 saturated heterocycles. The van der Waals surface area contributed by atoms with Gasteiger partial charge >= 0.3 is 0 Å².